The second-order valence-corrected chi connectivity index (χ2v) is 5.02. The number of rotatable bonds is 8. The Morgan fingerprint density at radius 2 is 2.00 bits per heavy atom. The molecule has 0 bridgehead atoms. The fourth-order valence-corrected chi connectivity index (χ4v) is 1.81. The first-order valence-electron chi connectivity index (χ1n) is 6.92. The maximum absolute atomic E-state index is 11.6. The molecule has 0 aromatic carbocycles. The van der Waals surface area contributed by atoms with Gasteiger partial charge in [-0.2, -0.15) is 0 Å². The number of nitrogens with one attached hydrogen (secondary N) is 2. The number of furan rings is 1. The van der Waals surface area contributed by atoms with Gasteiger partial charge in [0, 0.05) is 18.9 Å². The first kappa shape index (κ1) is 15.1. The van der Waals surface area contributed by atoms with Crippen molar-refractivity contribution in [1.82, 2.24) is 10.6 Å². The SMILES string of the molecule is O=C(CCCNC(=O)C1CC1)NCc1ccc(C(=O)O)o1. The summed E-state index contributed by atoms with van der Waals surface area (Å²) in [5.41, 5.74) is 0. The summed E-state index contributed by atoms with van der Waals surface area (Å²) in [6, 6.07) is 2.86. The first-order valence-corrected chi connectivity index (χ1v) is 6.92. The van der Waals surface area contributed by atoms with Crippen molar-refractivity contribution in [3.05, 3.63) is 23.7 Å². The van der Waals surface area contributed by atoms with Gasteiger partial charge < -0.3 is 20.2 Å². The summed E-state index contributed by atoms with van der Waals surface area (Å²) < 4.78 is 5.01. The highest BCUT2D eigenvalue weighted by Crippen LogP contribution is 2.28. The van der Waals surface area contributed by atoms with E-state index < -0.39 is 5.97 Å². The molecule has 1 fully saturated rings. The van der Waals surface area contributed by atoms with E-state index in [4.69, 9.17) is 9.52 Å². The highest BCUT2D eigenvalue weighted by atomic mass is 16.4. The molecule has 0 unspecified atom stereocenters. The lowest BCUT2D eigenvalue weighted by atomic mass is 10.3. The van der Waals surface area contributed by atoms with Gasteiger partial charge in [0.15, 0.2) is 0 Å². The summed E-state index contributed by atoms with van der Waals surface area (Å²) in [6.45, 7) is 0.646. The summed E-state index contributed by atoms with van der Waals surface area (Å²) in [6.07, 6.45) is 2.81. The molecule has 2 rings (SSSR count). The van der Waals surface area contributed by atoms with Gasteiger partial charge in [0.1, 0.15) is 5.76 Å². The van der Waals surface area contributed by atoms with E-state index in [2.05, 4.69) is 10.6 Å². The molecule has 2 amide bonds. The van der Waals surface area contributed by atoms with Crippen LogP contribution < -0.4 is 10.6 Å². The zero-order valence-electron chi connectivity index (χ0n) is 11.6. The zero-order chi connectivity index (χ0) is 15.2. The number of carboxylic acids is 1. The van der Waals surface area contributed by atoms with Gasteiger partial charge in [0.25, 0.3) is 0 Å². The molecule has 1 aliphatic carbocycles. The van der Waals surface area contributed by atoms with Crippen molar-refractivity contribution in [2.75, 3.05) is 6.54 Å². The van der Waals surface area contributed by atoms with Crippen LogP contribution in [0.3, 0.4) is 0 Å². The number of hydrogen-bond donors (Lipinski definition) is 3. The molecule has 1 saturated carbocycles. The third kappa shape index (κ3) is 4.94. The molecule has 0 radical (unpaired) electrons. The van der Waals surface area contributed by atoms with E-state index in [0.29, 0.717) is 25.1 Å². The number of carbonyl (C=O) groups excluding carboxylic acids is 2. The molecule has 1 aromatic heterocycles. The van der Waals surface area contributed by atoms with Crippen LogP contribution in [0.15, 0.2) is 16.5 Å². The minimum absolute atomic E-state index is 0.0761. The molecule has 0 aliphatic heterocycles. The van der Waals surface area contributed by atoms with E-state index in [1.165, 1.54) is 12.1 Å². The topological polar surface area (TPSA) is 109 Å². The Kier molecular flexibility index (Phi) is 4.97. The van der Waals surface area contributed by atoms with Crippen LogP contribution in [0, 0.1) is 5.92 Å². The maximum Gasteiger partial charge on any atom is 0.371 e. The van der Waals surface area contributed by atoms with Crippen LogP contribution in [0.5, 0.6) is 0 Å². The zero-order valence-corrected chi connectivity index (χ0v) is 11.6. The Labute approximate surface area is 121 Å². The second kappa shape index (κ2) is 6.92. The summed E-state index contributed by atoms with van der Waals surface area (Å²) in [4.78, 5) is 33.5. The fraction of sp³-hybridized carbons (Fsp3) is 0.500. The maximum atomic E-state index is 11.6. The third-order valence-electron chi connectivity index (χ3n) is 3.16. The van der Waals surface area contributed by atoms with E-state index in [1.54, 1.807) is 0 Å². The minimum Gasteiger partial charge on any atom is -0.475 e. The molecule has 0 saturated heterocycles. The van der Waals surface area contributed by atoms with Crippen LogP contribution in [0.4, 0.5) is 0 Å². The predicted octanol–water partition coefficient (Wildman–Crippen LogP) is 0.900. The third-order valence-corrected chi connectivity index (χ3v) is 3.16. The van der Waals surface area contributed by atoms with Gasteiger partial charge in [-0.05, 0) is 31.4 Å². The molecule has 0 spiro atoms. The number of aromatic carboxylic acids is 1. The number of hydrogen-bond acceptors (Lipinski definition) is 4. The van der Waals surface area contributed by atoms with E-state index in [1.807, 2.05) is 0 Å². The Morgan fingerprint density at radius 3 is 2.62 bits per heavy atom. The van der Waals surface area contributed by atoms with Crippen molar-refractivity contribution in [1.29, 1.82) is 0 Å². The Bertz CT molecular complexity index is 533. The molecular formula is C14H18N2O5. The van der Waals surface area contributed by atoms with Gasteiger partial charge in [-0.1, -0.05) is 0 Å². The van der Waals surface area contributed by atoms with E-state index >= 15 is 0 Å². The predicted molar refractivity (Wildman–Crippen MR) is 72.5 cm³/mol. The fourth-order valence-electron chi connectivity index (χ4n) is 1.81. The van der Waals surface area contributed by atoms with Gasteiger partial charge in [-0.25, -0.2) is 4.79 Å². The van der Waals surface area contributed by atoms with Crippen molar-refractivity contribution in [3.63, 3.8) is 0 Å². The molecule has 7 heteroatoms. The number of carbonyl (C=O) groups is 3. The summed E-state index contributed by atoms with van der Waals surface area (Å²) in [5.74, 6) is -0.804. The van der Waals surface area contributed by atoms with Gasteiger partial charge in [-0.15, -0.1) is 0 Å². The summed E-state index contributed by atoms with van der Waals surface area (Å²) >= 11 is 0. The standard InChI is InChI=1S/C14H18N2O5/c17-12(2-1-7-15-13(18)9-3-4-9)16-8-10-5-6-11(21-10)14(19)20/h5-6,9H,1-4,7-8H2,(H,15,18)(H,16,17)(H,19,20). The second-order valence-electron chi connectivity index (χ2n) is 5.02. The molecule has 21 heavy (non-hydrogen) atoms. The van der Waals surface area contributed by atoms with Crippen molar-refractivity contribution in [2.24, 2.45) is 5.92 Å². The van der Waals surface area contributed by atoms with Gasteiger partial charge >= 0.3 is 5.97 Å². The molecule has 3 N–H and O–H groups in total. The molecule has 114 valence electrons. The molecule has 7 nitrogen and oxygen atoms in total. The van der Waals surface area contributed by atoms with Crippen molar-refractivity contribution in [3.8, 4) is 0 Å². The highest BCUT2D eigenvalue weighted by molar-refractivity contribution is 5.84. The number of amides is 2. The smallest absolute Gasteiger partial charge is 0.371 e. The van der Waals surface area contributed by atoms with Crippen LogP contribution in [0.1, 0.15) is 42.0 Å². The lowest BCUT2D eigenvalue weighted by Gasteiger charge is -2.05. The van der Waals surface area contributed by atoms with Crippen molar-refractivity contribution in [2.45, 2.75) is 32.2 Å². The van der Waals surface area contributed by atoms with Crippen LogP contribution >= 0.6 is 0 Å². The quantitative estimate of drug-likeness (QED) is 0.617. The van der Waals surface area contributed by atoms with Crippen molar-refractivity contribution < 1.29 is 23.9 Å². The minimum atomic E-state index is -1.14. The lowest BCUT2D eigenvalue weighted by molar-refractivity contribution is -0.123. The monoisotopic (exact) mass is 294 g/mol. The van der Waals surface area contributed by atoms with E-state index in [9.17, 15) is 14.4 Å². The van der Waals surface area contributed by atoms with Crippen LogP contribution in [0.25, 0.3) is 0 Å². The summed E-state index contributed by atoms with van der Waals surface area (Å²) in [5, 5.41) is 14.1. The normalized spacial score (nSPS) is 13.7. The first-order chi connectivity index (χ1) is 10.1. The van der Waals surface area contributed by atoms with Gasteiger partial charge in [-0.3, -0.25) is 9.59 Å². The largest absolute Gasteiger partial charge is 0.475 e. The lowest BCUT2D eigenvalue weighted by Crippen LogP contribution is -2.28. The Morgan fingerprint density at radius 1 is 1.24 bits per heavy atom. The van der Waals surface area contributed by atoms with Gasteiger partial charge in [0.2, 0.25) is 17.6 Å². The Hall–Kier alpha value is -2.31. The van der Waals surface area contributed by atoms with Crippen LogP contribution in [-0.4, -0.2) is 29.4 Å². The molecule has 1 aromatic rings. The van der Waals surface area contributed by atoms with Gasteiger partial charge in [0.05, 0.1) is 6.54 Å². The molecular weight excluding hydrogens is 276 g/mol. The van der Waals surface area contributed by atoms with E-state index in [-0.39, 0.29) is 30.0 Å². The van der Waals surface area contributed by atoms with E-state index in [0.717, 1.165) is 12.8 Å². The Balaban J connectivity index is 1.58. The van der Waals surface area contributed by atoms with Crippen LogP contribution in [0.2, 0.25) is 0 Å². The average molecular weight is 294 g/mol. The summed E-state index contributed by atoms with van der Waals surface area (Å²) in [7, 11) is 0. The number of carboxylic acid groups (broad SMARTS) is 1. The van der Waals surface area contributed by atoms with Crippen LogP contribution in [-0.2, 0) is 16.1 Å². The molecule has 0 atom stereocenters. The molecule has 1 aliphatic rings. The highest BCUT2D eigenvalue weighted by Gasteiger charge is 2.28. The van der Waals surface area contributed by atoms with Crippen molar-refractivity contribution >= 4 is 17.8 Å². The molecule has 1 heterocycles. The average Bonchev–Trinajstić information content (AvgIpc) is 3.19.